The number of carboxylic acid groups (broad SMARTS) is 1. The van der Waals surface area contributed by atoms with E-state index in [4.69, 9.17) is 9.84 Å². The van der Waals surface area contributed by atoms with E-state index in [1.165, 1.54) is 18.2 Å². The molecule has 2 aliphatic rings. The Kier molecular flexibility index (Phi) is 7.59. The van der Waals surface area contributed by atoms with E-state index in [0.29, 0.717) is 49.6 Å². The average Bonchev–Trinajstić information content (AvgIpc) is 3.24. The number of piperidine rings is 1. The Labute approximate surface area is 231 Å². The number of hydrogen-bond acceptors (Lipinski definition) is 4. The van der Waals surface area contributed by atoms with E-state index in [2.05, 4.69) is 4.90 Å². The molecule has 1 amide bonds. The van der Waals surface area contributed by atoms with Gasteiger partial charge in [-0.15, -0.1) is 0 Å². The van der Waals surface area contributed by atoms with Crippen LogP contribution in [0.3, 0.4) is 0 Å². The highest BCUT2D eigenvalue weighted by Crippen LogP contribution is 2.43. The first-order valence-electron chi connectivity index (χ1n) is 13.3. The molecular weight excluding hydrogens is 521 g/mol. The van der Waals surface area contributed by atoms with Crippen LogP contribution in [0.5, 0.6) is 5.75 Å². The van der Waals surface area contributed by atoms with E-state index < -0.39 is 23.4 Å². The summed E-state index contributed by atoms with van der Waals surface area (Å²) < 4.78 is 48.3. The number of aromatic carboxylic acids is 1. The lowest BCUT2D eigenvalue weighted by atomic mass is 9.77. The Morgan fingerprint density at radius 3 is 2.30 bits per heavy atom. The van der Waals surface area contributed by atoms with Gasteiger partial charge < -0.3 is 14.7 Å². The fraction of sp³-hybridized carbons (Fsp3) is 0.355. The van der Waals surface area contributed by atoms with Crippen molar-refractivity contribution in [2.24, 2.45) is 5.41 Å². The van der Waals surface area contributed by atoms with Crippen LogP contribution < -0.4 is 9.64 Å². The van der Waals surface area contributed by atoms with E-state index >= 15 is 0 Å². The smallest absolute Gasteiger partial charge is 0.335 e. The number of halogens is 3. The second kappa shape index (κ2) is 11.0. The summed E-state index contributed by atoms with van der Waals surface area (Å²) in [6, 6.07) is 13.7. The van der Waals surface area contributed by atoms with E-state index in [-0.39, 0.29) is 28.6 Å². The molecule has 1 spiro atoms. The van der Waals surface area contributed by atoms with Crippen LogP contribution in [-0.4, -0.2) is 47.6 Å². The van der Waals surface area contributed by atoms with Crippen molar-refractivity contribution in [1.29, 1.82) is 0 Å². The van der Waals surface area contributed by atoms with Gasteiger partial charge in [-0.05, 0) is 105 Å². The zero-order valence-corrected chi connectivity index (χ0v) is 22.4. The Morgan fingerprint density at radius 1 is 0.975 bits per heavy atom. The van der Waals surface area contributed by atoms with Gasteiger partial charge >= 0.3 is 5.97 Å². The first-order chi connectivity index (χ1) is 19.0. The SMILES string of the molecule is CC(C)Oc1ccc(-c2ccc(F)c(F)c2F)c(CN2CCC3(CC2)CC(=O)N(c2ccc(C(=O)O)cc2)C3)c1. The lowest BCUT2D eigenvalue weighted by Crippen LogP contribution is -2.41. The number of likely N-dealkylation sites (tertiary alicyclic amines) is 1. The van der Waals surface area contributed by atoms with Gasteiger partial charge in [-0.1, -0.05) is 6.07 Å². The van der Waals surface area contributed by atoms with Crippen molar-refractivity contribution in [2.75, 3.05) is 24.5 Å². The van der Waals surface area contributed by atoms with Gasteiger partial charge in [-0.25, -0.2) is 18.0 Å². The monoisotopic (exact) mass is 552 g/mol. The Balaban J connectivity index is 1.33. The van der Waals surface area contributed by atoms with Gasteiger partial charge in [0, 0.05) is 30.8 Å². The number of rotatable bonds is 7. The molecule has 6 nitrogen and oxygen atoms in total. The summed E-state index contributed by atoms with van der Waals surface area (Å²) in [7, 11) is 0. The van der Waals surface area contributed by atoms with Gasteiger partial charge in [0.1, 0.15) is 5.75 Å². The number of ether oxygens (including phenoxy) is 1. The number of anilines is 1. The highest BCUT2D eigenvalue weighted by molar-refractivity contribution is 5.97. The molecule has 5 rings (SSSR count). The third-order valence-corrected chi connectivity index (χ3v) is 7.83. The minimum atomic E-state index is -1.50. The third kappa shape index (κ3) is 5.56. The molecule has 0 aromatic heterocycles. The lowest BCUT2D eigenvalue weighted by molar-refractivity contribution is -0.118. The molecule has 3 aromatic rings. The molecule has 2 fully saturated rings. The molecule has 2 aliphatic heterocycles. The van der Waals surface area contributed by atoms with Gasteiger partial charge in [0.2, 0.25) is 5.91 Å². The summed E-state index contributed by atoms with van der Waals surface area (Å²) in [5.74, 6) is -4.35. The van der Waals surface area contributed by atoms with Crippen molar-refractivity contribution in [2.45, 2.75) is 45.8 Å². The summed E-state index contributed by atoms with van der Waals surface area (Å²) in [6.45, 7) is 6.23. The van der Waals surface area contributed by atoms with Crippen molar-refractivity contribution < 1.29 is 32.6 Å². The van der Waals surface area contributed by atoms with Crippen LogP contribution in [0.25, 0.3) is 11.1 Å². The van der Waals surface area contributed by atoms with Crippen molar-refractivity contribution in [3.8, 4) is 16.9 Å². The molecule has 210 valence electrons. The van der Waals surface area contributed by atoms with E-state index in [1.54, 1.807) is 29.2 Å². The molecule has 0 atom stereocenters. The van der Waals surface area contributed by atoms with Crippen molar-refractivity contribution in [1.82, 2.24) is 4.90 Å². The zero-order valence-electron chi connectivity index (χ0n) is 22.4. The second-order valence-electron chi connectivity index (χ2n) is 11.0. The van der Waals surface area contributed by atoms with Crippen molar-refractivity contribution >= 4 is 17.6 Å². The molecule has 0 saturated carbocycles. The predicted octanol–water partition coefficient (Wildman–Crippen LogP) is 6.28. The van der Waals surface area contributed by atoms with Gasteiger partial charge in [-0.3, -0.25) is 9.69 Å². The molecule has 2 saturated heterocycles. The van der Waals surface area contributed by atoms with Gasteiger partial charge in [0.05, 0.1) is 11.7 Å². The first-order valence-corrected chi connectivity index (χ1v) is 13.3. The summed E-state index contributed by atoms with van der Waals surface area (Å²) in [5.41, 5.74) is 1.88. The zero-order chi connectivity index (χ0) is 28.6. The molecule has 2 heterocycles. The summed E-state index contributed by atoms with van der Waals surface area (Å²) in [4.78, 5) is 28.1. The van der Waals surface area contributed by atoms with Crippen LogP contribution in [0.4, 0.5) is 18.9 Å². The quantitative estimate of drug-likeness (QED) is 0.350. The normalized spacial score (nSPS) is 17.1. The molecule has 9 heteroatoms. The minimum absolute atomic E-state index is 0.00979. The predicted molar refractivity (Wildman–Crippen MR) is 145 cm³/mol. The summed E-state index contributed by atoms with van der Waals surface area (Å²) >= 11 is 0. The van der Waals surface area contributed by atoms with Crippen LogP contribution in [0.2, 0.25) is 0 Å². The summed E-state index contributed by atoms with van der Waals surface area (Å²) in [6.07, 6.45) is 1.90. The van der Waals surface area contributed by atoms with Crippen LogP contribution in [0.15, 0.2) is 54.6 Å². The number of amides is 1. The number of carbonyl (C=O) groups is 2. The van der Waals surface area contributed by atoms with Crippen LogP contribution in [0.1, 0.15) is 49.0 Å². The maximum atomic E-state index is 14.8. The number of carbonyl (C=O) groups excluding carboxylic acids is 1. The van der Waals surface area contributed by atoms with Crippen LogP contribution in [0, 0.1) is 22.9 Å². The average molecular weight is 553 g/mol. The Bertz CT molecular complexity index is 1430. The molecule has 0 unspecified atom stereocenters. The highest BCUT2D eigenvalue weighted by Gasteiger charge is 2.45. The molecule has 0 radical (unpaired) electrons. The van der Waals surface area contributed by atoms with Crippen molar-refractivity contribution in [3.05, 3.63) is 83.2 Å². The van der Waals surface area contributed by atoms with Crippen LogP contribution in [-0.2, 0) is 11.3 Å². The van der Waals surface area contributed by atoms with Gasteiger partial charge in [0.15, 0.2) is 17.5 Å². The first kappa shape index (κ1) is 27.7. The number of benzene rings is 3. The molecule has 0 bridgehead atoms. The maximum absolute atomic E-state index is 14.8. The molecule has 0 aliphatic carbocycles. The number of hydrogen-bond donors (Lipinski definition) is 1. The van der Waals surface area contributed by atoms with E-state index in [0.717, 1.165) is 24.5 Å². The van der Waals surface area contributed by atoms with Crippen molar-refractivity contribution in [3.63, 3.8) is 0 Å². The van der Waals surface area contributed by atoms with Crippen LogP contribution >= 0.6 is 0 Å². The molecule has 40 heavy (non-hydrogen) atoms. The standard InChI is InChI=1S/C31H31F3N2O4/c1-19(2)40-23-7-8-24(25-9-10-26(32)29(34)28(25)33)21(15-23)17-35-13-11-31(12-14-35)16-27(37)36(18-31)22-5-3-20(4-6-22)30(38)39/h3-10,15,19H,11-14,16-18H2,1-2H3,(H,38,39). The summed E-state index contributed by atoms with van der Waals surface area (Å²) in [5, 5.41) is 9.15. The lowest BCUT2D eigenvalue weighted by Gasteiger charge is -2.39. The minimum Gasteiger partial charge on any atom is -0.491 e. The fourth-order valence-corrected chi connectivity index (χ4v) is 5.72. The third-order valence-electron chi connectivity index (χ3n) is 7.83. The van der Waals surface area contributed by atoms with Gasteiger partial charge in [0.25, 0.3) is 0 Å². The Hall–Kier alpha value is -3.85. The molecule has 1 N–H and O–H groups in total. The number of carboxylic acids is 1. The van der Waals surface area contributed by atoms with Gasteiger partial charge in [-0.2, -0.15) is 0 Å². The Morgan fingerprint density at radius 2 is 1.65 bits per heavy atom. The molecule has 3 aromatic carbocycles. The number of nitrogens with zero attached hydrogens (tertiary/aromatic N) is 2. The largest absolute Gasteiger partial charge is 0.491 e. The topological polar surface area (TPSA) is 70.1 Å². The van der Waals surface area contributed by atoms with E-state index in [1.807, 2.05) is 19.9 Å². The fourth-order valence-electron chi connectivity index (χ4n) is 5.72. The maximum Gasteiger partial charge on any atom is 0.335 e. The highest BCUT2D eigenvalue weighted by atomic mass is 19.2. The molecular formula is C31H31F3N2O4. The van der Waals surface area contributed by atoms with E-state index in [9.17, 15) is 22.8 Å². The second-order valence-corrected chi connectivity index (χ2v) is 11.0.